The van der Waals surface area contributed by atoms with Gasteiger partial charge in [-0.1, -0.05) is 6.42 Å². The Bertz CT molecular complexity index is 245. The molecule has 0 aromatic rings. The zero-order valence-corrected chi connectivity index (χ0v) is 15.0. The average molecular weight is 302 g/mol. The van der Waals surface area contributed by atoms with Crippen LogP contribution < -0.4 is 10.6 Å². The van der Waals surface area contributed by atoms with Gasteiger partial charge in [-0.2, -0.15) is 0 Å². The Labute approximate surface area is 126 Å². The van der Waals surface area contributed by atoms with Crippen molar-refractivity contribution in [1.82, 2.24) is 15.5 Å². The number of piperazine rings is 1. The van der Waals surface area contributed by atoms with E-state index >= 15 is 0 Å². The third-order valence-corrected chi connectivity index (χ3v) is 6.64. The van der Waals surface area contributed by atoms with Crippen molar-refractivity contribution in [2.75, 3.05) is 46.3 Å². The molecule has 1 aliphatic rings. The molecule has 120 valence electrons. The Morgan fingerprint density at radius 2 is 1.95 bits per heavy atom. The molecule has 2 N–H and O–H groups in total. The topological polar surface area (TPSA) is 36.5 Å². The molecule has 1 atom stereocenters. The first-order valence-corrected chi connectivity index (χ1v) is 11.4. The maximum atomic E-state index is 6.39. The first kappa shape index (κ1) is 18.1. The van der Waals surface area contributed by atoms with Crippen LogP contribution in [0.25, 0.3) is 0 Å². The SMILES string of the molecule is CNCCCC[Si](C)(C)OC(C)CCN1CCNCC1. The van der Waals surface area contributed by atoms with Gasteiger partial charge in [0.25, 0.3) is 0 Å². The molecule has 0 aromatic carbocycles. The summed E-state index contributed by atoms with van der Waals surface area (Å²) in [6.07, 6.45) is 4.15. The Balaban J connectivity index is 2.13. The van der Waals surface area contributed by atoms with Gasteiger partial charge in [-0.3, -0.25) is 0 Å². The van der Waals surface area contributed by atoms with Crippen molar-refractivity contribution in [2.45, 2.75) is 51.4 Å². The Hall–Kier alpha value is 0.0569. The van der Waals surface area contributed by atoms with E-state index in [-0.39, 0.29) is 0 Å². The van der Waals surface area contributed by atoms with E-state index in [2.05, 4.69) is 35.6 Å². The van der Waals surface area contributed by atoms with Gasteiger partial charge in [-0.25, -0.2) is 0 Å². The molecule has 0 aromatic heterocycles. The van der Waals surface area contributed by atoms with Gasteiger partial charge in [0, 0.05) is 38.8 Å². The minimum atomic E-state index is -1.46. The van der Waals surface area contributed by atoms with Crippen molar-refractivity contribution in [3.05, 3.63) is 0 Å². The highest BCUT2D eigenvalue weighted by Gasteiger charge is 2.24. The van der Waals surface area contributed by atoms with Crippen LogP contribution in [-0.4, -0.2) is 65.6 Å². The summed E-state index contributed by atoms with van der Waals surface area (Å²) in [6, 6.07) is 1.28. The summed E-state index contributed by atoms with van der Waals surface area (Å²) in [4.78, 5) is 2.55. The molecule has 0 bridgehead atoms. The third kappa shape index (κ3) is 8.37. The van der Waals surface area contributed by atoms with Gasteiger partial charge < -0.3 is 20.0 Å². The van der Waals surface area contributed by atoms with E-state index in [0.717, 1.165) is 19.6 Å². The predicted molar refractivity (Wildman–Crippen MR) is 89.9 cm³/mol. The summed E-state index contributed by atoms with van der Waals surface area (Å²) < 4.78 is 6.39. The van der Waals surface area contributed by atoms with Gasteiger partial charge >= 0.3 is 0 Å². The lowest BCUT2D eigenvalue weighted by molar-refractivity contribution is 0.160. The van der Waals surface area contributed by atoms with Crippen LogP contribution in [0, 0.1) is 0 Å². The molecule has 20 heavy (non-hydrogen) atoms. The molecule has 1 rings (SSSR count). The third-order valence-electron chi connectivity index (χ3n) is 4.04. The Kier molecular flexibility index (Phi) is 8.96. The van der Waals surface area contributed by atoms with E-state index in [0.29, 0.717) is 6.10 Å². The largest absolute Gasteiger partial charge is 0.415 e. The maximum Gasteiger partial charge on any atom is 0.187 e. The molecule has 1 saturated heterocycles. The first-order valence-electron chi connectivity index (χ1n) is 8.29. The van der Waals surface area contributed by atoms with Gasteiger partial charge in [0.05, 0.1) is 0 Å². The number of hydrogen-bond acceptors (Lipinski definition) is 4. The summed E-state index contributed by atoms with van der Waals surface area (Å²) in [7, 11) is 0.563. The number of rotatable bonds is 10. The van der Waals surface area contributed by atoms with Crippen molar-refractivity contribution >= 4 is 8.32 Å². The molecule has 1 unspecified atom stereocenters. The van der Waals surface area contributed by atoms with Crippen molar-refractivity contribution in [3.8, 4) is 0 Å². The van der Waals surface area contributed by atoms with Gasteiger partial charge in [-0.15, -0.1) is 0 Å². The van der Waals surface area contributed by atoms with Crippen LogP contribution in [0.2, 0.25) is 19.1 Å². The molecular weight excluding hydrogens is 266 g/mol. The van der Waals surface area contributed by atoms with E-state index in [1.54, 1.807) is 0 Å². The molecule has 0 aliphatic carbocycles. The highest BCUT2D eigenvalue weighted by molar-refractivity contribution is 6.71. The van der Waals surface area contributed by atoms with Crippen molar-refractivity contribution in [1.29, 1.82) is 0 Å². The van der Waals surface area contributed by atoms with E-state index < -0.39 is 8.32 Å². The summed E-state index contributed by atoms with van der Waals surface area (Å²) in [5.41, 5.74) is 0. The molecule has 1 fully saturated rings. The number of nitrogens with one attached hydrogen (secondary N) is 2. The van der Waals surface area contributed by atoms with Crippen LogP contribution in [-0.2, 0) is 4.43 Å². The second-order valence-corrected chi connectivity index (χ2v) is 10.9. The maximum absolute atomic E-state index is 6.39. The monoisotopic (exact) mass is 301 g/mol. The van der Waals surface area contributed by atoms with Gasteiger partial charge in [-0.05, 0) is 52.5 Å². The Morgan fingerprint density at radius 3 is 2.60 bits per heavy atom. The van der Waals surface area contributed by atoms with Crippen LogP contribution >= 0.6 is 0 Å². The van der Waals surface area contributed by atoms with E-state index in [1.807, 2.05) is 7.05 Å². The second-order valence-electron chi connectivity index (χ2n) is 6.63. The zero-order chi connectivity index (χ0) is 14.8. The molecular formula is C15H35N3OSi. The van der Waals surface area contributed by atoms with Gasteiger partial charge in [0.1, 0.15) is 0 Å². The van der Waals surface area contributed by atoms with Crippen molar-refractivity contribution in [3.63, 3.8) is 0 Å². The van der Waals surface area contributed by atoms with Crippen LogP contribution in [0.4, 0.5) is 0 Å². The molecule has 1 heterocycles. The van der Waals surface area contributed by atoms with Crippen LogP contribution in [0.5, 0.6) is 0 Å². The van der Waals surface area contributed by atoms with Crippen LogP contribution in [0.1, 0.15) is 26.2 Å². The lowest BCUT2D eigenvalue weighted by Gasteiger charge is -2.31. The van der Waals surface area contributed by atoms with Crippen LogP contribution in [0.3, 0.4) is 0 Å². The summed E-state index contributed by atoms with van der Waals surface area (Å²) in [5.74, 6) is 0. The van der Waals surface area contributed by atoms with E-state index in [9.17, 15) is 0 Å². The minimum absolute atomic E-state index is 0.413. The zero-order valence-electron chi connectivity index (χ0n) is 14.0. The van der Waals surface area contributed by atoms with Crippen molar-refractivity contribution in [2.24, 2.45) is 0 Å². The van der Waals surface area contributed by atoms with Crippen molar-refractivity contribution < 1.29 is 4.43 Å². The predicted octanol–water partition coefficient (Wildman–Crippen LogP) is 1.89. The fourth-order valence-electron chi connectivity index (χ4n) is 2.81. The number of unbranched alkanes of at least 4 members (excludes halogenated alkanes) is 1. The fraction of sp³-hybridized carbons (Fsp3) is 1.00. The molecule has 0 spiro atoms. The van der Waals surface area contributed by atoms with Gasteiger partial charge in [0.15, 0.2) is 8.32 Å². The summed E-state index contributed by atoms with van der Waals surface area (Å²) >= 11 is 0. The fourth-order valence-corrected chi connectivity index (χ4v) is 5.24. The van der Waals surface area contributed by atoms with E-state index in [1.165, 1.54) is 44.9 Å². The Morgan fingerprint density at radius 1 is 1.25 bits per heavy atom. The molecule has 1 aliphatic heterocycles. The average Bonchev–Trinajstić information content (AvgIpc) is 2.42. The highest BCUT2D eigenvalue weighted by atomic mass is 28.4. The molecule has 0 saturated carbocycles. The second kappa shape index (κ2) is 9.90. The summed E-state index contributed by atoms with van der Waals surface area (Å²) in [6.45, 7) is 14.0. The van der Waals surface area contributed by atoms with E-state index in [4.69, 9.17) is 4.43 Å². The lowest BCUT2D eigenvalue weighted by Crippen LogP contribution is -2.44. The smallest absolute Gasteiger partial charge is 0.187 e. The number of hydrogen-bond donors (Lipinski definition) is 2. The number of nitrogens with zero attached hydrogens (tertiary/aromatic N) is 1. The minimum Gasteiger partial charge on any atom is -0.415 e. The van der Waals surface area contributed by atoms with Crippen LogP contribution in [0.15, 0.2) is 0 Å². The lowest BCUT2D eigenvalue weighted by atomic mass is 10.2. The molecule has 0 amide bonds. The normalized spacial score (nSPS) is 19.2. The standard InChI is InChI=1S/C15H35N3OSi/c1-15(7-11-18-12-9-17-10-13-18)19-20(3,4)14-6-5-8-16-2/h15-17H,5-14H2,1-4H3. The quantitative estimate of drug-likeness (QED) is 0.477. The highest BCUT2D eigenvalue weighted by Crippen LogP contribution is 2.18. The molecule has 4 nitrogen and oxygen atoms in total. The van der Waals surface area contributed by atoms with Gasteiger partial charge in [0.2, 0.25) is 0 Å². The first-order chi connectivity index (χ1) is 9.53. The molecule has 0 radical (unpaired) electrons. The summed E-state index contributed by atoms with van der Waals surface area (Å²) in [5, 5.41) is 6.62. The molecule has 5 heteroatoms.